The summed E-state index contributed by atoms with van der Waals surface area (Å²) in [5.41, 5.74) is 0. The van der Waals surface area contributed by atoms with Crippen LogP contribution in [-0.2, 0) is 0 Å². The molecule has 0 radical (unpaired) electrons. The first kappa shape index (κ1) is 10.4. The van der Waals surface area contributed by atoms with E-state index in [9.17, 15) is 5.11 Å². The Kier molecular flexibility index (Phi) is 3.13. The van der Waals surface area contributed by atoms with Crippen LogP contribution in [-0.4, -0.2) is 34.7 Å². The molecule has 0 amide bonds. The normalized spacial score (nSPS) is 39.0. The van der Waals surface area contributed by atoms with Crippen LogP contribution in [0.1, 0.15) is 46.0 Å². The Morgan fingerprint density at radius 1 is 1.21 bits per heavy atom. The maximum Gasteiger partial charge on any atom is 0.0555 e. The fourth-order valence-corrected chi connectivity index (χ4v) is 2.91. The van der Waals surface area contributed by atoms with E-state index in [0.717, 1.165) is 31.3 Å². The third-order valence-electron chi connectivity index (χ3n) is 3.93. The summed E-state index contributed by atoms with van der Waals surface area (Å²) in [7, 11) is 0. The van der Waals surface area contributed by atoms with Crippen LogP contribution in [0.3, 0.4) is 0 Å². The van der Waals surface area contributed by atoms with Gasteiger partial charge in [-0.05, 0) is 44.6 Å². The maximum absolute atomic E-state index is 9.72. The summed E-state index contributed by atoms with van der Waals surface area (Å²) < 4.78 is 0. The van der Waals surface area contributed by atoms with Gasteiger partial charge in [-0.25, -0.2) is 0 Å². The van der Waals surface area contributed by atoms with Crippen molar-refractivity contribution in [3.63, 3.8) is 0 Å². The van der Waals surface area contributed by atoms with E-state index >= 15 is 0 Å². The van der Waals surface area contributed by atoms with E-state index in [1.54, 1.807) is 0 Å². The SMILES string of the molecule is CCN(C1CC1)C1CC(O)CCC1C. The molecule has 2 saturated carbocycles. The van der Waals surface area contributed by atoms with Crippen molar-refractivity contribution in [3.05, 3.63) is 0 Å². The fraction of sp³-hybridized carbons (Fsp3) is 1.00. The largest absolute Gasteiger partial charge is 0.393 e. The molecule has 0 aromatic carbocycles. The van der Waals surface area contributed by atoms with Crippen LogP contribution >= 0.6 is 0 Å². The molecule has 2 rings (SSSR count). The van der Waals surface area contributed by atoms with Crippen LogP contribution in [0, 0.1) is 5.92 Å². The van der Waals surface area contributed by atoms with Crippen LogP contribution in [0.5, 0.6) is 0 Å². The molecule has 2 fully saturated rings. The summed E-state index contributed by atoms with van der Waals surface area (Å²) in [6, 6.07) is 1.49. The first-order chi connectivity index (χ1) is 6.72. The van der Waals surface area contributed by atoms with Crippen LogP contribution in [0.2, 0.25) is 0 Å². The average molecular weight is 197 g/mol. The van der Waals surface area contributed by atoms with Gasteiger partial charge >= 0.3 is 0 Å². The van der Waals surface area contributed by atoms with Gasteiger partial charge in [0, 0.05) is 12.1 Å². The Balaban J connectivity index is 1.97. The lowest BCUT2D eigenvalue weighted by atomic mass is 9.83. The number of aliphatic hydroxyl groups is 1. The molecule has 0 bridgehead atoms. The van der Waals surface area contributed by atoms with Crippen molar-refractivity contribution in [2.24, 2.45) is 5.92 Å². The second-order valence-electron chi connectivity index (χ2n) is 5.07. The number of rotatable bonds is 3. The minimum absolute atomic E-state index is 0.0380. The lowest BCUT2D eigenvalue weighted by Crippen LogP contribution is -2.45. The Labute approximate surface area is 87.3 Å². The molecule has 2 aliphatic carbocycles. The van der Waals surface area contributed by atoms with Crippen LogP contribution < -0.4 is 0 Å². The minimum atomic E-state index is -0.0380. The van der Waals surface area contributed by atoms with Crippen molar-refractivity contribution in [3.8, 4) is 0 Å². The summed E-state index contributed by atoms with van der Waals surface area (Å²) in [4.78, 5) is 2.63. The van der Waals surface area contributed by atoms with E-state index in [1.165, 1.54) is 19.3 Å². The number of aliphatic hydroxyl groups excluding tert-OH is 1. The molecule has 14 heavy (non-hydrogen) atoms. The predicted molar refractivity (Wildman–Crippen MR) is 58.2 cm³/mol. The van der Waals surface area contributed by atoms with Gasteiger partial charge in [0.15, 0.2) is 0 Å². The fourth-order valence-electron chi connectivity index (χ4n) is 2.91. The van der Waals surface area contributed by atoms with Gasteiger partial charge in [-0.1, -0.05) is 13.8 Å². The van der Waals surface area contributed by atoms with Crippen LogP contribution in [0.25, 0.3) is 0 Å². The van der Waals surface area contributed by atoms with Crippen LogP contribution in [0.4, 0.5) is 0 Å². The zero-order valence-corrected chi connectivity index (χ0v) is 9.45. The van der Waals surface area contributed by atoms with Gasteiger partial charge in [0.1, 0.15) is 0 Å². The summed E-state index contributed by atoms with van der Waals surface area (Å²) in [6.45, 7) is 5.76. The molecule has 3 unspecified atom stereocenters. The highest BCUT2D eigenvalue weighted by Gasteiger charge is 2.37. The quantitative estimate of drug-likeness (QED) is 0.748. The van der Waals surface area contributed by atoms with Gasteiger partial charge in [-0.15, -0.1) is 0 Å². The zero-order chi connectivity index (χ0) is 10.1. The van der Waals surface area contributed by atoms with Crippen molar-refractivity contribution >= 4 is 0 Å². The van der Waals surface area contributed by atoms with Crippen LogP contribution in [0.15, 0.2) is 0 Å². The molecule has 0 aromatic heterocycles. The van der Waals surface area contributed by atoms with E-state index in [0.29, 0.717) is 6.04 Å². The molecule has 0 heterocycles. The molecule has 82 valence electrons. The van der Waals surface area contributed by atoms with Gasteiger partial charge in [0.05, 0.1) is 6.10 Å². The lowest BCUT2D eigenvalue weighted by Gasteiger charge is -2.40. The topological polar surface area (TPSA) is 23.5 Å². The Morgan fingerprint density at radius 3 is 2.50 bits per heavy atom. The van der Waals surface area contributed by atoms with E-state index < -0.39 is 0 Å². The zero-order valence-electron chi connectivity index (χ0n) is 9.45. The molecule has 2 heteroatoms. The van der Waals surface area contributed by atoms with E-state index in [-0.39, 0.29) is 6.10 Å². The summed E-state index contributed by atoms with van der Waals surface area (Å²) in [5, 5.41) is 9.72. The highest BCUT2D eigenvalue weighted by atomic mass is 16.3. The lowest BCUT2D eigenvalue weighted by molar-refractivity contribution is 0.0307. The Morgan fingerprint density at radius 2 is 1.93 bits per heavy atom. The second kappa shape index (κ2) is 4.19. The summed E-state index contributed by atoms with van der Waals surface area (Å²) in [5.74, 6) is 0.777. The van der Waals surface area contributed by atoms with Crippen molar-refractivity contribution in [2.45, 2.75) is 64.1 Å². The number of hydrogen-bond donors (Lipinski definition) is 1. The predicted octanol–water partition coefficient (Wildman–Crippen LogP) is 2.02. The summed E-state index contributed by atoms with van der Waals surface area (Å²) >= 11 is 0. The van der Waals surface area contributed by atoms with E-state index in [2.05, 4.69) is 18.7 Å². The van der Waals surface area contributed by atoms with Gasteiger partial charge in [0.25, 0.3) is 0 Å². The Bertz CT molecular complexity index is 191. The molecule has 2 aliphatic rings. The molecule has 0 aliphatic heterocycles. The second-order valence-corrected chi connectivity index (χ2v) is 5.07. The Hall–Kier alpha value is -0.0800. The molecular weight excluding hydrogens is 174 g/mol. The molecule has 3 atom stereocenters. The number of nitrogens with zero attached hydrogens (tertiary/aromatic N) is 1. The highest BCUT2D eigenvalue weighted by Crippen LogP contribution is 2.35. The standard InChI is InChI=1S/C12H23NO/c1-3-13(10-5-6-10)12-8-11(14)7-4-9(12)2/h9-12,14H,3-8H2,1-2H3. The summed E-state index contributed by atoms with van der Waals surface area (Å²) in [6.07, 6.45) is 5.95. The van der Waals surface area contributed by atoms with Gasteiger partial charge in [-0.3, -0.25) is 4.90 Å². The highest BCUT2D eigenvalue weighted by molar-refractivity contribution is 4.92. The smallest absolute Gasteiger partial charge is 0.0555 e. The van der Waals surface area contributed by atoms with Crippen molar-refractivity contribution < 1.29 is 5.11 Å². The number of hydrogen-bond acceptors (Lipinski definition) is 2. The van der Waals surface area contributed by atoms with E-state index in [4.69, 9.17) is 0 Å². The van der Waals surface area contributed by atoms with Crippen molar-refractivity contribution in [1.82, 2.24) is 4.90 Å². The third kappa shape index (κ3) is 2.12. The van der Waals surface area contributed by atoms with Gasteiger partial charge < -0.3 is 5.11 Å². The van der Waals surface area contributed by atoms with Gasteiger partial charge in [-0.2, -0.15) is 0 Å². The van der Waals surface area contributed by atoms with Crippen molar-refractivity contribution in [2.75, 3.05) is 6.54 Å². The maximum atomic E-state index is 9.72. The molecule has 2 nitrogen and oxygen atoms in total. The molecular formula is C12H23NO. The van der Waals surface area contributed by atoms with Crippen molar-refractivity contribution in [1.29, 1.82) is 0 Å². The molecule has 0 spiro atoms. The minimum Gasteiger partial charge on any atom is -0.393 e. The van der Waals surface area contributed by atoms with E-state index in [1.807, 2.05) is 0 Å². The third-order valence-corrected chi connectivity index (χ3v) is 3.93. The monoisotopic (exact) mass is 197 g/mol. The molecule has 0 aromatic rings. The average Bonchev–Trinajstić information content (AvgIpc) is 2.96. The first-order valence-electron chi connectivity index (χ1n) is 6.16. The molecule has 1 N–H and O–H groups in total. The molecule has 0 saturated heterocycles. The van der Waals surface area contributed by atoms with Gasteiger partial charge in [0.2, 0.25) is 0 Å². The first-order valence-corrected chi connectivity index (χ1v) is 6.16.